The van der Waals surface area contributed by atoms with Crippen molar-refractivity contribution in [2.75, 3.05) is 19.3 Å². The molecule has 1 aromatic rings. The lowest BCUT2D eigenvalue weighted by molar-refractivity contribution is 0.0767. The summed E-state index contributed by atoms with van der Waals surface area (Å²) in [6.45, 7) is 0.879. The molecule has 0 aromatic heterocycles. The topological polar surface area (TPSA) is 46.6 Å². The summed E-state index contributed by atoms with van der Waals surface area (Å²) in [4.78, 5) is 0. The number of benzene rings is 1. The first-order chi connectivity index (χ1) is 7.45. The van der Waals surface area contributed by atoms with Crippen LogP contribution in [0.5, 0.6) is 5.75 Å². The van der Waals surface area contributed by atoms with E-state index in [4.69, 9.17) is 4.74 Å². The van der Waals surface area contributed by atoms with Gasteiger partial charge in [0.15, 0.2) is 0 Å². The first kappa shape index (κ1) is 11.9. The Morgan fingerprint density at radius 1 is 1.31 bits per heavy atom. The molecule has 0 saturated carbocycles. The van der Waals surface area contributed by atoms with Crippen molar-refractivity contribution >= 4 is 26.0 Å². The second-order valence-electron chi connectivity index (χ2n) is 3.77. The molecule has 0 N–H and O–H groups in total. The second-order valence-corrected chi connectivity index (χ2v) is 6.67. The number of sulfonamides is 1. The van der Waals surface area contributed by atoms with Crippen LogP contribution in [0, 0.1) is 0 Å². The van der Waals surface area contributed by atoms with Crippen molar-refractivity contribution in [3.8, 4) is 5.75 Å². The molecule has 1 saturated heterocycles. The van der Waals surface area contributed by atoms with Gasteiger partial charge in [0.05, 0.1) is 19.3 Å². The van der Waals surface area contributed by atoms with Crippen LogP contribution in [0.1, 0.15) is 0 Å². The van der Waals surface area contributed by atoms with E-state index in [1.54, 1.807) is 0 Å². The molecule has 0 radical (unpaired) electrons. The minimum Gasteiger partial charge on any atom is -0.488 e. The maximum atomic E-state index is 11.1. The number of ether oxygens (including phenoxy) is 1. The molecule has 0 atom stereocenters. The van der Waals surface area contributed by atoms with E-state index in [0.717, 1.165) is 10.2 Å². The summed E-state index contributed by atoms with van der Waals surface area (Å²) in [5.41, 5.74) is 0. The predicted octanol–water partition coefficient (Wildman–Crippen LogP) is 1.47. The Bertz CT molecular complexity index is 465. The number of halogens is 1. The van der Waals surface area contributed by atoms with E-state index in [1.165, 1.54) is 10.6 Å². The van der Waals surface area contributed by atoms with Crippen molar-refractivity contribution in [3.63, 3.8) is 0 Å². The lowest BCUT2D eigenvalue weighted by Crippen LogP contribution is -2.55. The average Bonchev–Trinajstić information content (AvgIpc) is 2.11. The molecule has 0 bridgehead atoms. The number of rotatable bonds is 3. The summed E-state index contributed by atoms with van der Waals surface area (Å²) in [6, 6.07) is 7.49. The Morgan fingerprint density at radius 2 is 1.88 bits per heavy atom. The highest BCUT2D eigenvalue weighted by molar-refractivity contribution is 9.10. The van der Waals surface area contributed by atoms with E-state index in [2.05, 4.69) is 15.9 Å². The van der Waals surface area contributed by atoms with Crippen LogP contribution >= 0.6 is 15.9 Å². The van der Waals surface area contributed by atoms with Gasteiger partial charge in [0, 0.05) is 4.47 Å². The van der Waals surface area contributed by atoms with Gasteiger partial charge in [0.1, 0.15) is 11.9 Å². The third-order valence-electron chi connectivity index (χ3n) is 2.40. The van der Waals surface area contributed by atoms with Crippen molar-refractivity contribution in [1.29, 1.82) is 0 Å². The Balaban J connectivity index is 1.88. The van der Waals surface area contributed by atoms with E-state index >= 15 is 0 Å². The average molecular weight is 306 g/mol. The Kier molecular flexibility index (Phi) is 3.23. The molecule has 1 aromatic carbocycles. The summed E-state index contributed by atoms with van der Waals surface area (Å²) in [7, 11) is -3.05. The Morgan fingerprint density at radius 3 is 2.38 bits per heavy atom. The van der Waals surface area contributed by atoms with Crippen LogP contribution < -0.4 is 4.74 Å². The molecule has 4 nitrogen and oxygen atoms in total. The van der Waals surface area contributed by atoms with Gasteiger partial charge in [-0.1, -0.05) is 15.9 Å². The van der Waals surface area contributed by atoms with Gasteiger partial charge in [-0.15, -0.1) is 0 Å². The van der Waals surface area contributed by atoms with Gasteiger partial charge < -0.3 is 4.74 Å². The van der Waals surface area contributed by atoms with Crippen LogP contribution in [-0.4, -0.2) is 38.2 Å². The molecule has 1 fully saturated rings. The second kappa shape index (κ2) is 4.35. The molecule has 16 heavy (non-hydrogen) atoms. The fourth-order valence-corrected chi connectivity index (χ4v) is 2.59. The van der Waals surface area contributed by atoms with Gasteiger partial charge in [0.25, 0.3) is 0 Å². The predicted molar refractivity (Wildman–Crippen MR) is 65.0 cm³/mol. The van der Waals surface area contributed by atoms with Crippen molar-refractivity contribution in [2.45, 2.75) is 6.10 Å². The number of nitrogens with zero attached hydrogens (tertiary/aromatic N) is 1. The van der Waals surface area contributed by atoms with Crippen LogP contribution in [0.15, 0.2) is 28.7 Å². The number of hydrogen-bond acceptors (Lipinski definition) is 3. The molecule has 0 aliphatic carbocycles. The van der Waals surface area contributed by atoms with Gasteiger partial charge in [-0.3, -0.25) is 0 Å². The van der Waals surface area contributed by atoms with Crippen LogP contribution in [0.2, 0.25) is 0 Å². The maximum absolute atomic E-state index is 11.1. The smallest absolute Gasteiger partial charge is 0.211 e. The van der Waals surface area contributed by atoms with Gasteiger partial charge in [0.2, 0.25) is 10.0 Å². The minimum atomic E-state index is -3.05. The molecular formula is C10H12BrNO3S. The van der Waals surface area contributed by atoms with E-state index in [-0.39, 0.29) is 6.10 Å². The highest BCUT2D eigenvalue weighted by Gasteiger charge is 2.34. The van der Waals surface area contributed by atoms with Gasteiger partial charge >= 0.3 is 0 Å². The van der Waals surface area contributed by atoms with Crippen molar-refractivity contribution in [1.82, 2.24) is 4.31 Å². The molecule has 1 heterocycles. The summed E-state index contributed by atoms with van der Waals surface area (Å²) in [6.07, 6.45) is 1.18. The fraction of sp³-hybridized carbons (Fsp3) is 0.400. The Hall–Kier alpha value is -0.590. The molecule has 1 aliphatic heterocycles. The van der Waals surface area contributed by atoms with E-state index in [9.17, 15) is 8.42 Å². The molecule has 88 valence electrons. The van der Waals surface area contributed by atoms with Gasteiger partial charge in [-0.05, 0) is 24.3 Å². The zero-order valence-corrected chi connectivity index (χ0v) is 11.2. The lowest BCUT2D eigenvalue weighted by Gasteiger charge is -2.36. The van der Waals surface area contributed by atoms with Gasteiger partial charge in [-0.25, -0.2) is 8.42 Å². The molecule has 0 spiro atoms. The van der Waals surface area contributed by atoms with Crippen LogP contribution in [0.4, 0.5) is 0 Å². The summed E-state index contributed by atoms with van der Waals surface area (Å²) < 4.78 is 30.2. The van der Waals surface area contributed by atoms with Crippen molar-refractivity contribution < 1.29 is 13.2 Å². The Labute approximate surface area is 103 Å². The monoisotopic (exact) mass is 305 g/mol. The molecular weight excluding hydrogens is 294 g/mol. The fourth-order valence-electron chi connectivity index (χ4n) is 1.45. The molecule has 0 unspecified atom stereocenters. The van der Waals surface area contributed by atoms with E-state index in [0.29, 0.717) is 13.1 Å². The molecule has 6 heteroatoms. The first-order valence-corrected chi connectivity index (χ1v) is 7.46. The zero-order valence-electron chi connectivity index (χ0n) is 8.76. The van der Waals surface area contributed by atoms with Gasteiger partial charge in [-0.2, -0.15) is 4.31 Å². The van der Waals surface area contributed by atoms with E-state index in [1.807, 2.05) is 24.3 Å². The van der Waals surface area contributed by atoms with Crippen LogP contribution in [0.25, 0.3) is 0 Å². The molecule has 0 amide bonds. The summed E-state index contributed by atoms with van der Waals surface area (Å²) in [5.74, 6) is 0.765. The SMILES string of the molecule is CS(=O)(=O)N1CC(Oc2ccc(Br)cc2)C1. The summed E-state index contributed by atoms with van der Waals surface area (Å²) >= 11 is 3.34. The zero-order chi connectivity index (χ0) is 11.8. The standard InChI is InChI=1S/C10H12BrNO3S/c1-16(13,14)12-6-10(7-12)15-9-4-2-8(11)3-5-9/h2-5,10H,6-7H2,1H3. The van der Waals surface area contributed by atoms with Crippen molar-refractivity contribution in [3.05, 3.63) is 28.7 Å². The number of hydrogen-bond donors (Lipinski definition) is 0. The van der Waals surface area contributed by atoms with Crippen LogP contribution in [0.3, 0.4) is 0 Å². The third-order valence-corrected chi connectivity index (χ3v) is 4.16. The summed E-state index contributed by atoms with van der Waals surface area (Å²) in [5, 5.41) is 0. The van der Waals surface area contributed by atoms with E-state index < -0.39 is 10.0 Å². The van der Waals surface area contributed by atoms with Crippen LogP contribution in [-0.2, 0) is 10.0 Å². The quantitative estimate of drug-likeness (QED) is 0.849. The highest BCUT2D eigenvalue weighted by Crippen LogP contribution is 2.21. The third kappa shape index (κ3) is 2.75. The maximum Gasteiger partial charge on any atom is 0.211 e. The first-order valence-electron chi connectivity index (χ1n) is 4.82. The molecule has 2 rings (SSSR count). The molecule has 1 aliphatic rings. The largest absolute Gasteiger partial charge is 0.488 e. The lowest BCUT2D eigenvalue weighted by atomic mass is 10.2. The highest BCUT2D eigenvalue weighted by atomic mass is 79.9. The van der Waals surface area contributed by atoms with Crippen molar-refractivity contribution in [2.24, 2.45) is 0 Å². The normalized spacial score (nSPS) is 18.1. The minimum absolute atomic E-state index is 0.0316.